The van der Waals surface area contributed by atoms with E-state index >= 15 is 0 Å². The first-order valence-electron chi connectivity index (χ1n) is 4.45. The summed E-state index contributed by atoms with van der Waals surface area (Å²) in [5.41, 5.74) is 1.44. The van der Waals surface area contributed by atoms with E-state index in [-0.39, 0.29) is 11.5 Å². The summed E-state index contributed by atoms with van der Waals surface area (Å²) in [6, 6.07) is 10.6. The fourth-order valence-electron chi connectivity index (χ4n) is 1.34. The van der Waals surface area contributed by atoms with Gasteiger partial charge in [0.1, 0.15) is 5.75 Å². The molecule has 0 saturated heterocycles. The standard InChI is InChI=1S/C12H9FO2/c13-11-7-9(3-6-12(11)15)8-1-4-10(14)5-2-8/h1-7,14-15H. The van der Waals surface area contributed by atoms with Gasteiger partial charge in [0, 0.05) is 0 Å². The zero-order valence-electron chi connectivity index (χ0n) is 7.81. The lowest BCUT2D eigenvalue weighted by Crippen LogP contribution is -1.80. The number of halogens is 1. The van der Waals surface area contributed by atoms with Gasteiger partial charge in [0.15, 0.2) is 11.6 Å². The second kappa shape index (κ2) is 3.61. The van der Waals surface area contributed by atoms with E-state index in [0.29, 0.717) is 5.56 Å². The van der Waals surface area contributed by atoms with Gasteiger partial charge in [-0.05, 0) is 35.4 Å². The molecule has 0 fully saturated rings. The highest BCUT2D eigenvalue weighted by Gasteiger charge is 2.03. The Hall–Kier alpha value is -2.03. The molecule has 0 amide bonds. The normalized spacial score (nSPS) is 10.2. The number of rotatable bonds is 1. The number of hydrogen-bond donors (Lipinski definition) is 2. The highest BCUT2D eigenvalue weighted by Crippen LogP contribution is 2.25. The maximum Gasteiger partial charge on any atom is 0.165 e. The molecule has 0 unspecified atom stereocenters. The second-order valence-electron chi connectivity index (χ2n) is 3.21. The molecule has 0 aromatic heterocycles. The van der Waals surface area contributed by atoms with Crippen LogP contribution in [0.2, 0.25) is 0 Å². The minimum Gasteiger partial charge on any atom is -0.508 e. The third-order valence-electron chi connectivity index (χ3n) is 2.15. The summed E-state index contributed by atoms with van der Waals surface area (Å²) >= 11 is 0. The minimum absolute atomic E-state index is 0.165. The molecule has 0 bridgehead atoms. The van der Waals surface area contributed by atoms with E-state index in [2.05, 4.69) is 0 Å². The predicted octanol–water partition coefficient (Wildman–Crippen LogP) is 2.90. The Balaban J connectivity index is 2.45. The molecule has 2 aromatic rings. The van der Waals surface area contributed by atoms with Crippen molar-refractivity contribution in [3.63, 3.8) is 0 Å². The number of phenols is 2. The molecule has 2 nitrogen and oxygen atoms in total. The van der Waals surface area contributed by atoms with Crippen molar-refractivity contribution < 1.29 is 14.6 Å². The first kappa shape index (κ1) is 9.52. The summed E-state index contributed by atoms with van der Waals surface area (Å²) < 4.78 is 13.0. The van der Waals surface area contributed by atoms with E-state index in [1.54, 1.807) is 18.2 Å². The van der Waals surface area contributed by atoms with Gasteiger partial charge in [0.25, 0.3) is 0 Å². The van der Waals surface area contributed by atoms with Gasteiger partial charge < -0.3 is 10.2 Å². The van der Waals surface area contributed by atoms with Crippen molar-refractivity contribution in [2.24, 2.45) is 0 Å². The van der Waals surface area contributed by atoms with Gasteiger partial charge in [-0.1, -0.05) is 18.2 Å². The van der Waals surface area contributed by atoms with E-state index in [1.807, 2.05) is 0 Å². The van der Waals surface area contributed by atoms with Crippen LogP contribution in [0.25, 0.3) is 11.1 Å². The molecule has 0 aliphatic heterocycles. The van der Waals surface area contributed by atoms with Gasteiger partial charge in [0.05, 0.1) is 0 Å². The molecular formula is C12H9FO2. The van der Waals surface area contributed by atoms with Crippen LogP contribution in [0.4, 0.5) is 4.39 Å². The molecule has 0 saturated carbocycles. The Morgan fingerprint density at radius 2 is 1.40 bits per heavy atom. The van der Waals surface area contributed by atoms with Gasteiger partial charge in [-0.3, -0.25) is 0 Å². The van der Waals surface area contributed by atoms with Crippen LogP contribution in [0, 0.1) is 5.82 Å². The summed E-state index contributed by atoms with van der Waals surface area (Å²) in [6.07, 6.45) is 0. The zero-order valence-corrected chi connectivity index (χ0v) is 7.81. The van der Waals surface area contributed by atoms with E-state index in [9.17, 15) is 4.39 Å². The average Bonchev–Trinajstić information content (AvgIpc) is 2.23. The molecule has 0 aliphatic rings. The first-order chi connectivity index (χ1) is 7.16. The van der Waals surface area contributed by atoms with Gasteiger partial charge in [-0.2, -0.15) is 0 Å². The van der Waals surface area contributed by atoms with Crippen LogP contribution in [0.5, 0.6) is 11.5 Å². The first-order valence-corrected chi connectivity index (χ1v) is 4.45. The van der Waals surface area contributed by atoms with Crippen LogP contribution in [-0.2, 0) is 0 Å². The number of phenolic OH excluding ortho intramolecular Hbond substituents is 2. The molecule has 0 spiro atoms. The van der Waals surface area contributed by atoms with E-state index in [0.717, 1.165) is 5.56 Å². The molecule has 2 N–H and O–H groups in total. The van der Waals surface area contributed by atoms with Crippen molar-refractivity contribution in [3.05, 3.63) is 48.3 Å². The molecule has 15 heavy (non-hydrogen) atoms. The molecule has 2 aromatic carbocycles. The number of hydrogen-bond acceptors (Lipinski definition) is 2. The van der Waals surface area contributed by atoms with Gasteiger partial charge in [-0.25, -0.2) is 4.39 Å². The van der Waals surface area contributed by atoms with Crippen LogP contribution in [0.3, 0.4) is 0 Å². The average molecular weight is 204 g/mol. The number of benzene rings is 2. The van der Waals surface area contributed by atoms with Crippen molar-refractivity contribution in [3.8, 4) is 22.6 Å². The highest BCUT2D eigenvalue weighted by molar-refractivity contribution is 5.64. The Morgan fingerprint density at radius 3 is 2.00 bits per heavy atom. The Morgan fingerprint density at radius 1 is 0.800 bits per heavy atom. The van der Waals surface area contributed by atoms with Gasteiger partial charge in [-0.15, -0.1) is 0 Å². The summed E-state index contributed by atoms with van der Waals surface area (Å²) in [6.45, 7) is 0. The largest absolute Gasteiger partial charge is 0.508 e. The fourth-order valence-corrected chi connectivity index (χ4v) is 1.34. The third-order valence-corrected chi connectivity index (χ3v) is 2.15. The molecule has 0 heterocycles. The third kappa shape index (κ3) is 1.91. The van der Waals surface area contributed by atoms with Crippen molar-refractivity contribution in [1.29, 1.82) is 0 Å². The summed E-state index contributed by atoms with van der Waals surface area (Å²) in [5, 5.41) is 18.1. The van der Waals surface area contributed by atoms with Gasteiger partial charge >= 0.3 is 0 Å². The molecular weight excluding hydrogens is 195 g/mol. The van der Waals surface area contributed by atoms with Crippen LogP contribution in [0.15, 0.2) is 42.5 Å². The SMILES string of the molecule is Oc1ccc(-c2ccc(O)c(F)c2)cc1. The maximum absolute atomic E-state index is 13.0. The summed E-state index contributed by atoms with van der Waals surface area (Å²) in [4.78, 5) is 0. The zero-order chi connectivity index (χ0) is 10.8. The Labute approximate surface area is 86.2 Å². The van der Waals surface area contributed by atoms with Crippen molar-refractivity contribution in [2.75, 3.05) is 0 Å². The lowest BCUT2D eigenvalue weighted by molar-refractivity contribution is 0.432. The smallest absolute Gasteiger partial charge is 0.165 e. The quantitative estimate of drug-likeness (QED) is 0.749. The fraction of sp³-hybridized carbons (Fsp3) is 0. The van der Waals surface area contributed by atoms with E-state index < -0.39 is 5.82 Å². The molecule has 76 valence electrons. The topological polar surface area (TPSA) is 40.5 Å². The maximum atomic E-state index is 13.0. The van der Waals surface area contributed by atoms with Crippen molar-refractivity contribution in [1.82, 2.24) is 0 Å². The lowest BCUT2D eigenvalue weighted by atomic mass is 10.1. The van der Waals surface area contributed by atoms with Crippen LogP contribution >= 0.6 is 0 Å². The highest BCUT2D eigenvalue weighted by atomic mass is 19.1. The molecule has 0 radical (unpaired) electrons. The summed E-state index contributed by atoms with van der Waals surface area (Å²) in [5.74, 6) is -0.851. The lowest BCUT2D eigenvalue weighted by Gasteiger charge is -2.02. The Bertz CT molecular complexity index is 477. The van der Waals surface area contributed by atoms with Crippen LogP contribution in [-0.4, -0.2) is 10.2 Å². The Kier molecular flexibility index (Phi) is 2.29. The van der Waals surface area contributed by atoms with Crippen molar-refractivity contribution in [2.45, 2.75) is 0 Å². The summed E-state index contributed by atoms with van der Waals surface area (Å²) in [7, 11) is 0. The van der Waals surface area contributed by atoms with E-state index in [4.69, 9.17) is 10.2 Å². The van der Waals surface area contributed by atoms with E-state index in [1.165, 1.54) is 24.3 Å². The van der Waals surface area contributed by atoms with Crippen LogP contribution < -0.4 is 0 Å². The minimum atomic E-state index is -0.652. The van der Waals surface area contributed by atoms with Crippen molar-refractivity contribution >= 4 is 0 Å². The van der Waals surface area contributed by atoms with Gasteiger partial charge in [0.2, 0.25) is 0 Å². The monoisotopic (exact) mass is 204 g/mol. The molecule has 0 aliphatic carbocycles. The second-order valence-corrected chi connectivity index (χ2v) is 3.21. The predicted molar refractivity (Wildman–Crippen MR) is 55.2 cm³/mol. The molecule has 3 heteroatoms. The number of aromatic hydroxyl groups is 2. The molecule has 0 atom stereocenters. The van der Waals surface area contributed by atoms with Crippen LogP contribution in [0.1, 0.15) is 0 Å². The molecule has 2 rings (SSSR count).